The van der Waals surface area contributed by atoms with Gasteiger partial charge in [-0.15, -0.1) is 0 Å². The molecule has 1 N–H and O–H groups in total. The van der Waals surface area contributed by atoms with E-state index in [1.54, 1.807) is 0 Å². The Morgan fingerprint density at radius 3 is 1.77 bits per heavy atom. The van der Waals surface area contributed by atoms with Crippen LogP contribution >= 0.6 is 10.0 Å². The number of hydrogen-bond donors (Lipinski definition) is 1. The molecule has 3 heteroatoms. The van der Waals surface area contributed by atoms with E-state index in [1.807, 2.05) is 0 Å². The molecular weight excluding hydrogens is 340 g/mol. The van der Waals surface area contributed by atoms with Gasteiger partial charge < -0.3 is 9.84 Å². The van der Waals surface area contributed by atoms with Gasteiger partial charge in [0.25, 0.3) is 0 Å². The summed E-state index contributed by atoms with van der Waals surface area (Å²) in [5, 5.41) is 9.64. The van der Waals surface area contributed by atoms with Crippen LogP contribution < -0.4 is 0 Å². The van der Waals surface area contributed by atoms with Crippen molar-refractivity contribution >= 4 is 10.0 Å². The number of hydrogen-bond acceptors (Lipinski definition) is 2. The summed E-state index contributed by atoms with van der Waals surface area (Å²) in [6.07, 6.45) is 20.6. The number of unbranched alkanes of at least 4 members (excludes halogenated alkanes) is 9. The summed E-state index contributed by atoms with van der Waals surface area (Å²) in [5.74, 6) is 2.94. The zero-order valence-electron chi connectivity index (χ0n) is 18.6. The maximum Gasteiger partial charge on any atom is 0.0697 e. The highest BCUT2D eigenvalue weighted by Crippen LogP contribution is 2.52. The number of rotatable bonds is 20. The smallest absolute Gasteiger partial charge is 0.0697 e. The molecule has 0 bridgehead atoms. The molecular formula is C23H50O2S. The highest BCUT2D eigenvalue weighted by Gasteiger charge is 2.24. The minimum Gasteiger partial charge on any atom is -0.394 e. The first-order valence-electron chi connectivity index (χ1n) is 11.6. The Kier molecular flexibility index (Phi) is 18.8. The van der Waals surface area contributed by atoms with Crippen LogP contribution in [0.15, 0.2) is 0 Å². The predicted octanol–water partition coefficient (Wildman–Crippen LogP) is 6.93. The van der Waals surface area contributed by atoms with Gasteiger partial charge in [-0.05, 0) is 48.7 Å². The van der Waals surface area contributed by atoms with Gasteiger partial charge in [0.1, 0.15) is 0 Å². The minimum absolute atomic E-state index is 0.150. The summed E-state index contributed by atoms with van der Waals surface area (Å²) in [7, 11) is -0.370. The molecule has 0 saturated carbocycles. The molecule has 0 heterocycles. The van der Waals surface area contributed by atoms with E-state index in [1.165, 1.54) is 88.6 Å². The molecule has 2 unspecified atom stereocenters. The Bertz CT molecular complexity index is 285. The monoisotopic (exact) mass is 390 g/mol. The van der Waals surface area contributed by atoms with Crippen LogP contribution in [0.25, 0.3) is 0 Å². The molecule has 0 aliphatic carbocycles. The van der Waals surface area contributed by atoms with Crippen molar-refractivity contribution in [2.45, 2.75) is 109 Å². The van der Waals surface area contributed by atoms with Crippen LogP contribution in [0.1, 0.15) is 104 Å². The van der Waals surface area contributed by atoms with E-state index >= 15 is 0 Å². The first-order chi connectivity index (χ1) is 12.6. The van der Waals surface area contributed by atoms with E-state index in [2.05, 4.69) is 27.0 Å². The van der Waals surface area contributed by atoms with Gasteiger partial charge in [-0.1, -0.05) is 78.6 Å². The van der Waals surface area contributed by atoms with Crippen molar-refractivity contribution in [1.29, 1.82) is 0 Å². The van der Waals surface area contributed by atoms with Gasteiger partial charge in [-0.2, -0.15) is 0 Å². The van der Waals surface area contributed by atoms with Crippen molar-refractivity contribution in [1.82, 2.24) is 0 Å². The zero-order chi connectivity index (χ0) is 19.5. The van der Waals surface area contributed by atoms with Gasteiger partial charge in [-0.25, -0.2) is 10.0 Å². The molecule has 0 amide bonds. The predicted molar refractivity (Wildman–Crippen MR) is 122 cm³/mol. The fraction of sp³-hybridized carbons (Fsp3) is 1.00. The molecule has 0 aromatic heterocycles. The minimum atomic E-state index is -0.370. The Morgan fingerprint density at radius 2 is 1.31 bits per heavy atom. The third-order valence-corrected chi connectivity index (χ3v) is 10.6. The molecule has 0 radical (unpaired) electrons. The molecule has 0 aromatic rings. The molecule has 0 aliphatic heterocycles. The van der Waals surface area contributed by atoms with Gasteiger partial charge in [0.05, 0.1) is 13.2 Å². The first kappa shape index (κ1) is 26.3. The Hall–Kier alpha value is 0.270. The summed E-state index contributed by atoms with van der Waals surface area (Å²) in [6.45, 7) is 8.66. The molecule has 2 nitrogen and oxygen atoms in total. The summed E-state index contributed by atoms with van der Waals surface area (Å²) in [4.78, 5) is 0. The summed E-state index contributed by atoms with van der Waals surface area (Å²) >= 11 is 0. The molecule has 0 saturated heterocycles. The van der Waals surface area contributed by atoms with E-state index in [0.29, 0.717) is 6.61 Å². The standard InChI is InChI=1S/C23H50O2S/c1-5-18-23(6-2)26(4,7-3)22-17-15-13-11-9-8-10-12-14-16-20-25-21-19-24/h23-24H,5-22H2,1-4H3. The third-order valence-electron chi connectivity index (χ3n) is 5.92. The van der Waals surface area contributed by atoms with Crippen LogP contribution in [0.2, 0.25) is 0 Å². The van der Waals surface area contributed by atoms with Crippen molar-refractivity contribution in [2.75, 3.05) is 37.6 Å². The first-order valence-corrected chi connectivity index (χ1v) is 14.0. The zero-order valence-corrected chi connectivity index (χ0v) is 19.4. The quantitative estimate of drug-likeness (QED) is 0.228. The van der Waals surface area contributed by atoms with E-state index in [9.17, 15) is 0 Å². The van der Waals surface area contributed by atoms with Crippen molar-refractivity contribution < 1.29 is 9.84 Å². The van der Waals surface area contributed by atoms with E-state index in [-0.39, 0.29) is 16.6 Å². The highest BCUT2D eigenvalue weighted by atomic mass is 32.3. The van der Waals surface area contributed by atoms with Gasteiger partial charge in [0.2, 0.25) is 0 Å². The average molecular weight is 391 g/mol. The molecule has 0 rings (SSSR count). The van der Waals surface area contributed by atoms with Crippen molar-refractivity contribution in [3.8, 4) is 0 Å². The van der Waals surface area contributed by atoms with Crippen molar-refractivity contribution in [2.24, 2.45) is 0 Å². The van der Waals surface area contributed by atoms with Crippen LogP contribution in [0, 0.1) is 0 Å². The Labute approximate surface area is 167 Å². The second-order valence-corrected chi connectivity index (χ2v) is 12.4. The lowest BCUT2D eigenvalue weighted by Crippen LogP contribution is -2.21. The second-order valence-electron chi connectivity index (χ2n) is 8.03. The van der Waals surface area contributed by atoms with Crippen molar-refractivity contribution in [3.63, 3.8) is 0 Å². The molecule has 160 valence electrons. The molecule has 0 spiro atoms. The fourth-order valence-electron chi connectivity index (χ4n) is 3.98. The van der Waals surface area contributed by atoms with Crippen molar-refractivity contribution in [3.05, 3.63) is 0 Å². The largest absolute Gasteiger partial charge is 0.394 e. The maximum absolute atomic E-state index is 8.63. The second kappa shape index (κ2) is 18.6. The van der Waals surface area contributed by atoms with Crippen LogP contribution in [0.5, 0.6) is 0 Å². The third kappa shape index (κ3) is 13.4. The SMILES string of the molecule is CCCC(CC)S(C)(CC)CCCCCCCCCCCCOCCO. The van der Waals surface area contributed by atoms with Crippen LogP contribution in [0.3, 0.4) is 0 Å². The molecule has 0 fully saturated rings. The van der Waals surface area contributed by atoms with Gasteiger partial charge in [0.15, 0.2) is 0 Å². The topological polar surface area (TPSA) is 29.5 Å². The van der Waals surface area contributed by atoms with Crippen LogP contribution in [-0.4, -0.2) is 47.9 Å². The maximum atomic E-state index is 8.63. The lowest BCUT2D eigenvalue weighted by molar-refractivity contribution is 0.0895. The summed E-state index contributed by atoms with van der Waals surface area (Å²) in [5.41, 5.74) is 0. The molecule has 26 heavy (non-hydrogen) atoms. The fourth-order valence-corrected chi connectivity index (χ4v) is 7.54. The van der Waals surface area contributed by atoms with E-state index in [0.717, 1.165) is 18.3 Å². The normalized spacial score (nSPS) is 16.3. The molecule has 0 aromatic carbocycles. The lowest BCUT2D eigenvalue weighted by atomic mass is 10.1. The van der Waals surface area contributed by atoms with Gasteiger partial charge in [0, 0.05) is 6.61 Å². The van der Waals surface area contributed by atoms with Gasteiger partial charge >= 0.3 is 0 Å². The number of ether oxygens (including phenoxy) is 1. The Morgan fingerprint density at radius 1 is 0.769 bits per heavy atom. The van der Waals surface area contributed by atoms with Crippen LogP contribution in [-0.2, 0) is 4.74 Å². The summed E-state index contributed by atoms with van der Waals surface area (Å²) < 4.78 is 5.28. The van der Waals surface area contributed by atoms with Crippen LogP contribution in [0.4, 0.5) is 0 Å². The lowest BCUT2D eigenvalue weighted by Gasteiger charge is -2.43. The summed E-state index contributed by atoms with van der Waals surface area (Å²) in [6, 6.07) is 0. The Balaban J connectivity index is 3.51. The molecule has 2 atom stereocenters. The average Bonchev–Trinajstić information content (AvgIpc) is 2.66. The number of aliphatic hydroxyl groups is 1. The number of aliphatic hydroxyl groups excluding tert-OH is 1. The molecule has 0 aliphatic rings. The van der Waals surface area contributed by atoms with Gasteiger partial charge in [-0.3, -0.25) is 0 Å². The van der Waals surface area contributed by atoms with E-state index in [4.69, 9.17) is 9.84 Å². The van der Waals surface area contributed by atoms with E-state index < -0.39 is 0 Å². The highest BCUT2D eigenvalue weighted by molar-refractivity contribution is 8.33.